The molecule has 5 aromatic rings. The van der Waals surface area contributed by atoms with Gasteiger partial charge in [-0.05, 0) is 74.0 Å². The molecule has 6 rings (SSSR count). The van der Waals surface area contributed by atoms with E-state index < -0.39 is 6.04 Å². The smallest absolute Gasteiger partial charge is 0.271 e. The molecule has 0 saturated carbocycles. The number of aromatic nitrogens is 1. The van der Waals surface area contributed by atoms with E-state index in [9.17, 15) is 14.0 Å². The summed E-state index contributed by atoms with van der Waals surface area (Å²) in [4.78, 5) is 33.2. The van der Waals surface area contributed by atoms with Crippen LogP contribution in [0.5, 0.6) is 11.5 Å². The maximum Gasteiger partial charge on any atom is 0.271 e. The second kappa shape index (κ2) is 13.6. The first kappa shape index (κ1) is 31.0. The number of amides is 1. The third-order valence-corrected chi connectivity index (χ3v) is 8.62. The summed E-state index contributed by atoms with van der Waals surface area (Å²) < 4.78 is 27.8. The number of hydrogen-bond donors (Lipinski definition) is 1. The van der Waals surface area contributed by atoms with Crippen molar-refractivity contribution in [1.29, 1.82) is 0 Å². The fraction of sp³-hybridized carbons (Fsp3) is 0.139. The molecule has 1 amide bonds. The second-order valence-corrected chi connectivity index (χ2v) is 11.9. The van der Waals surface area contributed by atoms with Gasteiger partial charge in [-0.15, -0.1) is 0 Å². The van der Waals surface area contributed by atoms with Crippen LogP contribution in [0.1, 0.15) is 36.6 Å². The van der Waals surface area contributed by atoms with Crippen LogP contribution >= 0.6 is 22.9 Å². The summed E-state index contributed by atoms with van der Waals surface area (Å²) in [5.41, 5.74) is 2.81. The molecular weight excluding hydrogens is 625 g/mol. The Morgan fingerprint density at radius 1 is 1.02 bits per heavy atom. The topological polar surface area (TPSA) is 81.9 Å². The molecule has 1 aliphatic rings. The molecule has 0 radical (unpaired) electrons. The van der Waals surface area contributed by atoms with Crippen LogP contribution in [0.2, 0.25) is 5.02 Å². The molecule has 0 spiro atoms. The number of allylic oxidation sites excluding steroid dienone is 1. The average Bonchev–Trinajstić information content (AvgIpc) is 3.35. The highest BCUT2D eigenvalue weighted by atomic mass is 35.5. The number of nitrogens with one attached hydrogen (secondary N) is 1. The van der Waals surface area contributed by atoms with Gasteiger partial charge in [0.15, 0.2) is 4.80 Å². The van der Waals surface area contributed by atoms with Crippen LogP contribution < -0.4 is 29.7 Å². The SMILES string of the molecule is CCOc1ccc([C@@H]2C(C(=O)Nc3ccccc3)=C(C)N=c3s/c(=C\c4cc(Cl)ccc4OCc4ccccc4F)c(=O)n32)cc1. The zero-order chi connectivity index (χ0) is 32.2. The molecule has 1 aliphatic heterocycles. The first-order chi connectivity index (χ1) is 22.3. The highest BCUT2D eigenvalue weighted by Gasteiger charge is 2.32. The largest absolute Gasteiger partial charge is 0.494 e. The highest BCUT2D eigenvalue weighted by molar-refractivity contribution is 7.07. The summed E-state index contributed by atoms with van der Waals surface area (Å²) in [7, 11) is 0. The Bertz CT molecular complexity index is 2130. The predicted octanol–water partition coefficient (Wildman–Crippen LogP) is 6.64. The number of carbonyl (C=O) groups is 1. The Hall–Kier alpha value is -4.99. The van der Waals surface area contributed by atoms with Gasteiger partial charge in [0.25, 0.3) is 11.5 Å². The molecule has 0 fully saturated rings. The molecule has 232 valence electrons. The summed E-state index contributed by atoms with van der Waals surface area (Å²) in [6.45, 7) is 4.17. The van der Waals surface area contributed by atoms with Crippen molar-refractivity contribution in [1.82, 2.24) is 4.57 Å². The number of ether oxygens (including phenoxy) is 2. The molecule has 1 N–H and O–H groups in total. The molecular formula is C36H29ClFN3O4S. The van der Waals surface area contributed by atoms with Crippen LogP contribution in [0.25, 0.3) is 6.08 Å². The van der Waals surface area contributed by atoms with E-state index in [0.29, 0.717) is 60.5 Å². The molecule has 0 saturated heterocycles. The minimum atomic E-state index is -0.756. The first-order valence-corrected chi connectivity index (χ1v) is 15.8. The van der Waals surface area contributed by atoms with Gasteiger partial charge in [0.1, 0.15) is 23.9 Å². The van der Waals surface area contributed by atoms with Gasteiger partial charge in [-0.2, -0.15) is 0 Å². The number of thiazole rings is 1. The third kappa shape index (κ3) is 6.51. The summed E-state index contributed by atoms with van der Waals surface area (Å²) in [6.07, 6.45) is 1.69. The monoisotopic (exact) mass is 653 g/mol. The number of rotatable bonds is 9. The quantitative estimate of drug-likeness (QED) is 0.193. The van der Waals surface area contributed by atoms with Crippen molar-refractivity contribution in [3.63, 3.8) is 0 Å². The van der Waals surface area contributed by atoms with Crippen molar-refractivity contribution in [3.8, 4) is 11.5 Å². The Morgan fingerprint density at radius 3 is 2.50 bits per heavy atom. The van der Waals surface area contributed by atoms with E-state index >= 15 is 0 Å². The van der Waals surface area contributed by atoms with Crippen LogP contribution in [0, 0.1) is 5.82 Å². The fourth-order valence-corrected chi connectivity index (χ4v) is 6.45. The lowest BCUT2D eigenvalue weighted by atomic mass is 9.95. The lowest BCUT2D eigenvalue weighted by Gasteiger charge is -2.25. The zero-order valence-electron chi connectivity index (χ0n) is 25.0. The van der Waals surface area contributed by atoms with Crippen molar-refractivity contribution in [2.24, 2.45) is 4.99 Å². The standard InChI is InChI=1S/C36H29ClFN3O4S/c1-3-44-28-16-13-23(14-17-28)33-32(34(42)40-27-10-5-4-6-11-27)22(2)39-36-41(33)35(43)31(46-36)20-25-19-26(37)15-18-30(25)45-21-24-9-7-8-12-29(24)38/h4-20,33H,3,21H2,1-2H3,(H,40,42)/b31-20-/t33-/m1/s1. The molecule has 1 aromatic heterocycles. The van der Waals surface area contributed by atoms with Crippen molar-refractivity contribution < 1.29 is 18.7 Å². The minimum absolute atomic E-state index is 0.00673. The van der Waals surface area contributed by atoms with Crippen molar-refractivity contribution >= 4 is 40.6 Å². The predicted molar refractivity (Wildman–Crippen MR) is 179 cm³/mol. The first-order valence-electron chi connectivity index (χ1n) is 14.6. The second-order valence-electron chi connectivity index (χ2n) is 10.5. The van der Waals surface area contributed by atoms with Crippen LogP contribution in [-0.2, 0) is 11.4 Å². The number of fused-ring (bicyclic) bond motifs is 1. The number of hydrogen-bond acceptors (Lipinski definition) is 6. The maximum absolute atomic E-state index is 14.3. The van der Waals surface area contributed by atoms with Gasteiger partial charge in [0.05, 0.1) is 28.5 Å². The van der Waals surface area contributed by atoms with Crippen molar-refractivity contribution in [2.45, 2.75) is 26.5 Å². The fourth-order valence-electron chi connectivity index (χ4n) is 5.24. The molecule has 0 unspecified atom stereocenters. The van der Waals surface area contributed by atoms with E-state index in [1.165, 1.54) is 17.4 Å². The van der Waals surface area contributed by atoms with E-state index in [1.807, 2.05) is 49.4 Å². The van der Waals surface area contributed by atoms with Gasteiger partial charge in [0, 0.05) is 21.8 Å². The van der Waals surface area contributed by atoms with Gasteiger partial charge in [0.2, 0.25) is 0 Å². The third-order valence-electron chi connectivity index (χ3n) is 7.40. The number of anilines is 1. The molecule has 4 aromatic carbocycles. The molecule has 10 heteroatoms. The molecule has 0 aliphatic carbocycles. The van der Waals surface area contributed by atoms with Crippen LogP contribution in [-0.4, -0.2) is 17.1 Å². The summed E-state index contributed by atoms with van der Waals surface area (Å²) >= 11 is 7.55. The van der Waals surface area contributed by atoms with Crippen LogP contribution in [0.15, 0.2) is 118 Å². The normalized spacial score (nSPS) is 14.4. The maximum atomic E-state index is 14.3. The number of nitrogens with zero attached hydrogens (tertiary/aromatic N) is 2. The van der Waals surface area contributed by atoms with Gasteiger partial charge in [-0.25, -0.2) is 9.38 Å². The van der Waals surface area contributed by atoms with Crippen molar-refractivity contribution in [3.05, 3.63) is 156 Å². The molecule has 7 nitrogen and oxygen atoms in total. The number of halogens is 2. The number of para-hydroxylation sites is 1. The van der Waals surface area contributed by atoms with Crippen LogP contribution in [0.3, 0.4) is 0 Å². The van der Waals surface area contributed by atoms with E-state index in [0.717, 1.165) is 5.56 Å². The molecule has 1 atom stereocenters. The minimum Gasteiger partial charge on any atom is -0.494 e. The Labute approximate surface area is 273 Å². The number of carbonyl (C=O) groups excluding carboxylic acids is 1. The highest BCUT2D eigenvalue weighted by Crippen LogP contribution is 2.32. The molecule has 2 heterocycles. The zero-order valence-corrected chi connectivity index (χ0v) is 26.6. The lowest BCUT2D eigenvalue weighted by molar-refractivity contribution is -0.113. The lowest BCUT2D eigenvalue weighted by Crippen LogP contribution is -2.40. The van der Waals surface area contributed by atoms with E-state index in [4.69, 9.17) is 26.1 Å². The van der Waals surface area contributed by atoms with E-state index in [2.05, 4.69) is 5.32 Å². The summed E-state index contributed by atoms with van der Waals surface area (Å²) in [5, 5.41) is 3.40. The molecule has 46 heavy (non-hydrogen) atoms. The Morgan fingerprint density at radius 2 is 1.76 bits per heavy atom. The number of benzene rings is 4. The molecule has 0 bridgehead atoms. The summed E-state index contributed by atoms with van der Waals surface area (Å²) in [6, 6.07) is 27.1. The summed E-state index contributed by atoms with van der Waals surface area (Å²) in [5.74, 6) is 0.376. The van der Waals surface area contributed by atoms with Gasteiger partial charge < -0.3 is 14.8 Å². The Balaban J connectivity index is 1.44. The Kier molecular flexibility index (Phi) is 9.14. The van der Waals surface area contributed by atoms with Gasteiger partial charge >= 0.3 is 0 Å². The van der Waals surface area contributed by atoms with Crippen LogP contribution in [0.4, 0.5) is 10.1 Å². The van der Waals surface area contributed by atoms with Gasteiger partial charge in [-0.3, -0.25) is 14.2 Å². The van der Waals surface area contributed by atoms with E-state index in [1.54, 1.807) is 66.1 Å². The van der Waals surface area contributed by atoms with Gasteiger partial charge in [-0.1, -0.05) is 71.5 Å². The average molecular weight is 654 g/mol. The van der Waals surface area contributed by atoms with E-state index in [-0.39, 0.29) is 23.9 Å². The van der Waals surface area contributed by atoms with Crippen molar-refractivity contribution in [2.75, 3.05) is 11.9 Å².